The lowest BCUT2D eigenvalue weighted by Crippen LogP contribution is -2.21. The van der Waals surface area contributed by atoms with Crippen molar-refractivity contribution in [3.8, 4) is 0 Å². The van der Waals surface area contributed by atoms with Gasteiger partial charge in [-0.25, -0.2) is 0 Å². The Bertz CT molecular complexity index is 752. The predicted octanol–water partition coefficient (Wildman–Crippen LogP) is 4.00. The molecule has 4 heteroatoms. The van der Waals surface area contributed by atoms with Gasteiger partial charge in [0.05, 0.1) is 6.04 Å². The average Bonchev–Trinajstić information content (AvgIpc) is 2.52. The fourth-order valence-electron chi connectivity index (χ4n) is 2.46. The highest BCUT2D eigenvalue weighted by atomic mass is 35.5. The number of nitrogens with two attached hydrogens (primary N) is 1. The summed E-state index contributed by atoms with van der Waals surface area (Å²) in [6, 6.07) is 15.8. The number of hydrogen-bond donors (Lipinski definition) is 2. The highest BCUT2D eigenvalue weighted by Crippen LogP contribution is 2.26. The molecule has 0 radical (unpaired) electrons. The number of halogens is 1. The van der Waals surface area contributed by atoms with Crippen molar-refractivity contribution in [2.45, 2.75) is 6.04 Å². The van der Waals surface area contributed by atoms with Crippen LogP contribution in [0.2, 0.25) is 5.02 Å². The van der Waals surface area contributed by atoms with Crippen molar-refractivity contribution in [1.29, 1.82) is 0 Å². The maximum atomic E-state index is 6.03. The van der Waals surface area contributed by atoms with Crippen molar-refractivity contribution in [2.75, 3.05) is 11.9 Å². The summed E-state index contributed by atoms with van der Waals surface area (Å²) in [6.07, 6.45) is 3.74. The number of hydrogen-bond acceptors (Lipinski definition) is 3. The number of rotatable bonds is 4. The van der Waals surface area contributed by atoms with Gasteiger partial charge in [0.25, 0.3) is 0 Å². The molecule has 106 valence electrons. The first-order valence-corrected chi connectivity index (χ1v) is 7.20. The van der Waals surface area contributed by atoms with E-state index in [-0.39, 0.29) is 6.04 Å². The molecule has 0 saturated heterocycles. The van der Waals surface area contributed by atoms with E-state index in [0.717, 1.165) is 22.0 Å². The Morgan fingerprint density at radius 1 is 1.10 bits per heavy atom. The van der Waals surface area contributed by atoms with Gasteiger partial charge in [0.15, 0.2) is 0 Å². The van der Waals surface area contributed by atoms with E-state index in [9.17, 15) is 0 Å². The fourth-order valence-corrected chi connectivity index (χ4v) is 2.65. The summed E-state index contributed by atoms with van der Waals surface area (Å²) in [6.45, 7) is 0.474. The molecule has 21 heavy (non-hydrogen) atoms. The van der Waals surface area contributed by atoms with Gasteiger partial charge in [-0.15, -0.1) is 0 Å². The van der Waals surface area contributed by atoms with E-state index in [1.165, 1.54) is 0 Å². The van der Waals surface area contributed by atoms with E-state index in [1.54, 1.807) is 0 Å². The maximum Gasteiger partial charge on any atom is 0.0657 e. The summed E-state index contributed by atoms with van der Waals surface area (Å²) < 4.78 is 0. The lowest BCUT2D eigenvalue weighted by atomic mass is 10.0. The van der Waals surface area contributed by atoms with Gasteiger partial charge in [0, 0.05) is 40.6 Å². The van der Waals surface area contributed by atoms with Crippen LogP contribution < -0.4 is 11.1 Å². The molecule has 3 N–H and O–H groups in total. The van der Waals surface area contributed by atoms with Crippen LogP contribution in [0.5, 0.6) is 0 Å². The highest BCUT2D eigenvalue weighted by molar-refractivity contribution is 6.30. The zero-order valence-electron chi connectivity index (χ0n) is 11.5. The van der Waals surface area contributed by atoms with Gasteiger partial charge < -0.3 is 11.1 Å². The van der Waals surface area contributed by atoms with E-state index < -0.39 is 0 Å². The number of anilines is 1. The molecule has 0 amide bonds. The molecular formula is C17H16ClN3. The Balaban J connectivity index is 1.98. The molecule has 1 unspecified atom stereocenters. The molecule has 0 saturated carbocycles. The van der Waals surface area contributed by atoms with E-state index in [2.05, 4.69) is 22.4 Å². The number of nitrogens with zero attached hydrogens (tertiary/aromatic N) is 1. The van der Waals surface area contributed by atoms with Gasteiger partial charge in [-0.2, -0.15) is 0 Å². The first kappa shape index (κ1) is 13.9. The Hall–Kier alpha value is -2.10. The van der Waals surface area contributed by atoms with E-state index in [4.69, 9.17) is 17.3 Å². The summed E-state index contributed by atoms with van der Waals surface area (Å²) in [4.78, 5) is 4.32. The minimum atomic E-state index is -0.0120. The molecule has 1 heterocycles. The molecule has 1 atom stereocenters. The third kappa shape index (κ3) is 2.99. The van der Waals surface area contributed by atoms with Crippen LogP contribution in [0, 0.1) is 0 Å². The Labute approximate surface area is 128 Å². The lowest BCUT2D eigenvalue weighted by Gasteiger charge is -2.20. The summed E-state index contributed by atoms with van der Waals surface area (Å²) >= 11 is 6.03. The molecule has 0 bridgehead atoms. The zero-order valence-corrected chi connectivity index (χ0v) is 12.2. The third-order valence-electron chi connectivity index (χ3n) is 3.48. The fraction of sp³-hybridized carbons (Fsp3) is 0.118. The molecule has 3 nitrogen and oxygen atoms in total. The van der Waals surface area contributed by atoms with Crippen molar-refractivity contribution < 1.29 is 0 Å². The van der Waals surface area contributed by atoms with Crippen LogP contribution in [0.4, 0.5) is 5.69 Å². The topological polar surface area (TPSA) is 50.9 Å². The maximum absolute atomic E-state index is 6.03. The van der Waals surface area contributed by atoms with E-state index in [0.29, 0.717) is 11.6 Å². The SMILES string of the molecule is NCC(Nc1cccc(Cl)c1)c1cncc2ccccc12. The van der Waals surface area contributed by atoms with Gasteiger partial charge in [0.2, 0.25) is 0 Å². The highest BCUT2D eigenvalue weighted by Gasteiger charge is 2.13. The van der Waals surface area contributed by atoms with Gasteiger partial charge in [-0.05, 0) is 23.6 Å². The van der Waals surface area contributed by atoms with E-state index >= 15 is 0 Å². The average molecular weight is 298 g/mol. The van der Waals surface area contributed by atoms with Gasteiger partial charge in [0.1, 0.15) is 0 Å². The molecule has 1 aromatic heterocycles. The molecule has 0 spiro atoms. The number of aromatic nitrogens is 1. The molecule has 2 aromatic carbocycles. The summed E-state index contributed by atoms with van der Waals surface area (Å²) in [5.41, 5.74) is 8.00. The van der Waals surface area contributed by atoms with Gasteiger partial charge in [-0.3, -0.25) is 4.98 Å². The van der Waals surface area contributed by atoms with Crippen molar-refractivity contribution in [3.63, 3.8) is 0 Å². The van der Waals surface area contributed by atoms with Crippen LogP contribution in [0.1, 0.15) is 11.6 Å². The first-order chi connectivity index (χ1) is 10.3. The minimum absolute atomic E-state index is 0.0120. The van der Waals surface area contributed by atoms with Crippen LogP contribution in [-0.2, 0) is 0 Å². The van der Waals surface area contributed by atoms with Crippen LogP contribution in [-0.4, -0.2) is 11.5 Å². The summed E-state index contributed by atoms with van der Waals surface area (Å²) in [5, 5.41) is 6.41. The van der Waals surface area contributed by atoms with Crippen LogP contribution in [0.15, 0.2) is 60.9 Å². The van der Waals surface area contributed by atoms with Crippen molar-refractivity contribution in [3.05, 3.63) is 71.5 Å². The molecule has 3 aromatic rings. The number of benzene rings is 2. The van der Waals surface area contributed by atoms with Gasteiger partial charge >= 0.3 is 0 Å². The number of fused-ring (bicyclic) bond motifs is 1. The first-order valence-electron chi connectivity index (χ1n) is 6.83. The Morgan fingerprint density at radius 2 is 1.95 bits per heavy atom. The monoisotopic (exact) mass is 297 g/mol. The molecule has 3 rings (SSSR count). The molecular weight excluding hydrogens is 282 g/mol. The molecule has 0 fully saturated rings. The zero-order chi connectivity index (χ0) is 14.7. The normalized spacial score (nSPS) is 12.3. The van der Waals surface area contributed by atoms with E-state index in [1.807, 2.05) is 48.8 Å². The van der Waals surface area contributed by atoms with Crippen LogP contribution >= 0.6 is 11.6 Å². The third-order valence-corrected chi connectivity index (χ3v) is 3.71. The lowest BCUT2D eigenvalue weighted by molar-refractivity contribution is 0.792. The predicted molar refractivity (Wildman–Crippen MR) is 88.6 cm³/mol. The van der Waals surface area contributed by atoms with Gasteiger partial charge in [-0.1, -0.05) is 41.9 Å². The van der Waals surface area contributed by atoms with Crippen LogP contribution in [0.3, 0.4) is 0 Å². The summed E-state index contributed by atoms with van der Waals surface area (Å²) in [7, 11) is 0. The van der Waals surface area contributed by atoms with Crippen LogP contribution in [0.25, 0.3) is 10.8 Å². The molecule has 0 aliphatic carbocycles. The smallest absolute Gasteiger partial charge is 0.0657 e. The molecule has 0 aliphatic heterocycles. The Morgan fingerprint density at radius 3 is 2.76 bits per heavy atom. The van der Waals surface area contributed by atoms with Crippen molar-refractivity contribution in [2.24, 2.45) is 5.73 Å². The standard InChI is InChI=1S/C17H16ClN3/c18-13-5-3-6-14(8-13)21-17(9-19)16-11-20-10-12-4-1-2-7-15(12)16/h1-8,10-11,17,21H,9,19H2. The second kappa shape index (κ2) is 6.12. The number of nitrogens with one attached hydrogen (secondary N) is 1. The second-order valence-electron chi connectivity index (χ2n) is 4.89. The summed E-state index contributed by atoms with van der Waals surface area (Å²) in [5.74, 6) is 0. The van der Waals surface area contributed by atoms with Crippen molar-refractivity contribution in [1.82, 2.24) is 4.98 Å². The largest absolute Gasteiger partial charge is 0.377 e. The Kier molecular flexibility index (Phi) is 4.04. The van der Waals surface area contributed by atoms with Crippen molar-refractivity contribution >= 4 is 28.1 Å². The minimum Gasteiger partial charge on any atom is -0.377 e. The second-order valence-corrected chi connectivity index (χ2v) is 5.33. The molecule has 0 aliphatic rings. The number of pyridine rings is 1. The quantitative estimate of drug-likeness (QED) is 0.765.